The Labute approximate surface area is 99.4 Å². The van der Waals surface area contributed by atoms with E-state index in [1.54, 1.807) is 0 Å². The molecule has 1 rings (SSSR count). The molecule has 1 unspecified atom stereocenters. The van der Waals surface area contributed by atoms with Gasteiger partial charge in [-0.2, -0.15) is 0 Å². The van der Waals surface area contributed by atoms with Crippen LogP contribution in [0.2, 0.25) is 0 Å². The van der Waals surface area contributed by atoms with Gasteiger partial charge in [0.05, 0.1) is 0 Å². The van der Waals surface area contributed by atoms with Crippen LogP contribution in [-0.2, 0) is 4.79 Å². The largest absolute Gasteiger partial charge is 0.355 e. The van der Waals surface area contributed by atoms with Gasteiger partial charge in [-0.25, -0.2) is 0 Å². The highest BCUT2D eigenvalue weighted by Gasteiger charge is 2.16. The maximum atomic E-state index is 10.9. The predicted octanol–water partition coefficient (Wildman–Crippen LogP) is 2.22. The molecule has 0 bridgehead atoms. The zero-order valence-corrected chi connectivity index (χ0v) is 10.6. The van der Waals surface area contributed by atoms with E-state index < -0.39 is 0 Å². The third-order valence-electron chi connectivity index (χ3n) is 3.23. The van der Waals surface area contributed by atoms with Crippen LogP contribution in [0.15, 0.2) is 0 Å². The number of hydrogen-bond donors (Lipinski definition) is 2. The fraction of sp³-hybridized carbons (Fsp3) is 0.923. The molecule has 1 heterocycles. The summed E-state index contributed by atoms with van der Waals surface area (Å²) in [6.45, 7) is 4.17. The van der Waals surface area contributed by atoms with Gasteiger partial charge >= 0.3 is 0 Å². The highest BCUT2D eigenvalue weighted by Crippen LogP contribution is 2.06. The third-order valence-corrected chi connectivity index (χ3v) is 3.23. The molecule has 1 saturated heterocycles. The first-order valence-corrected chi connectivity index (χ1v) is 6.83. The van der Waals surface area contributed by atoms with Gasteiger partial charge in [0.1, 0.15) is 0 Å². The molecule has 3 heteroatoms. The predicted molar refractivity (Wildman–Crippen MR) is 67.4 cm³/mol. The van der Waals surface area contributed by atoms with E-state index in [-0.39, 0.29) is 5.91 Å². The Morgan fingerprint density at radius 1 is 1.25 bits per heavy atom. The highest BCUT2D eigenvalue weighted by molar-refractivity contribution is 5.76. The van der Waals surface area contributed by atoms with Crippen molar-refractivity contribution in [2.75, 3.05) is 13.1 Å². The Hall–Kier alpha value is -0.570. The number of amides is 1. The van der Waals surface area contributed by atoms with Crippen LogP contribution >= 0.6 is 0 Å². The molecule has 1 fully saturated rings. The molecule has 0 aromatic heterocycles. The molecule has 1 atom stereocenters. The van der Waals surface area contributed by atoms with Crippen LogP contribution in [0.4, 0.5) is 0 Å². The molecule has 0 radical (unpaired) electrons. The lowest BCUT2D eigenvalue weighted by Gasteiger charge is -2.23. The van der Waals surface area contributed by atoms with E-state index in [1.165, 1.54) is 38.5 Å². The molecule has 16 heavy (non-hydrogen) atoms. The minimum atomic E-state index is 0.206. The summed E-state index contributed by atoms with van der Waals surface area (Å²) in [4.78, 5) is 10.9. The van der Waals surface area contributed by atoms with Gasteiger partial charge < -0.3 is 10.6 Å². The van der Waals surface area contributed by atoms with Gasteiger partial charge in [-0.15, -0.1) is 0 Å². The van der Waals surface area contributed by atoms with Crippen LogP contribution in [0, 0.1) is 0 Å². The molecule has 1 amide bonds. The van der Waals surface area contributed by atoms with E-state index in [9.17, 15) is 4.79 Å². The second-order valence-electron chi connectivity index (χ2n) is 4.76. The Bertz CT molecular complexity index is 184. The number of unbranched alkanes of at least 4 members (excludes halogenated alkanes) is 5. The molecule has 2 N–H and O–H groups in total. The number of rotatable bonds is 8. The molecule has 1 aliphatic heterocycles. The molecule has 0 saturated carbocycles. The Kier molecular flexibility index (Phi) is 7.23. The first kappa shape index (κ1) is 13.5. The van der Waals surface area contributed by atoms with Crippen molar-refractivity contribution < 1.29 is 4.79 Å². The van der Waals surface area contributed by atoms with Crippen LogP contribution < -0.4 is 10.6 Å². The minimum absolute atomic E-state index is 0.206. The van der Waals surface area contributed by atoms with Crippen molar-refractivity contribution in [3.05, 3.63) is 0 Å². The smallest absolute Gasteiger partial charge is 0.220 e. The number of carbonyl (C=O) groups excluding carboxylic acids is 1. The average molecular weight is 226 g/mol. The molecular formula is C13H26N2O. The second kappa shape index (κ2) is 8.57. The first-order chi connectivity index (χ1) is 7.83. The topological polar surface area (TPSA) is 41.1 Å². The number of carbonyl (C=O) groups is 1. The SMILES string of the molecule is CCCCCCCCNC1CCC(=O)NC1. The second-order valence-corrected chi connectivity index (χ2v) is 4.76. The van der Waals surface area contributed by atoms with E-state index in [4.69, 9.17) is 0 Å². The molecule has 1 aliphatic rings. The summed E-state index contributed by atoms with van der Waals surface area (Å²) >= 11 is 0. The van der Waals surface area contributed by atoms with Crippen molar-refractivity contribution >= 4 is 5.91 Å². The van der Waals surface area contributed by atoms with Gasteiger partial charge in [-0.3, -0.25) is 4.79 Å². The van der Waals surface area contributed by atoms with Crippen molar-refractivity contribution in [1.29, 1.82) is 0 Å². The van der Waals surface area contributed by atoms with Crippen molar-refractivity contribution in [3.63, 3.8) is 0 Å². The van der Waals surface area contributed by atoms with Crippen molar-refractivity contribution in [2.45, 2.75) is 64.3 Å². The quantitative estimate of drug-likeness (QED) is 0.623. The van der Waals surface area contributed by atoms with Crippen molar-refractivity contribution in [1.82, 2.24) is 10.6 Å². The molecule has 94 valence electrons. The van der Waals surface area contributed by atoms with Crippen molar-refractivity contribution in [3.8, 4) is 0 Å². The number of hydrogen-bond acceptors (Lipinski definition) is 2. The van der Waals surface area contributed by atoms with E-state index in [1.807, 2.05) is 0 Å². The normalized spacial score (nSPS) is 20.8. The highest BCUT2D eigenvalue weighted by atomic mass is 16.1. The van der Waals surface area contributed by atoms with Crippen LogP contribution in [0.5, 0.6) is 0 Å². The molecule has 0 aliphatic carbocycles. The number of piperidine rings is 1. The molecule has 0 aromatic rings. The van der Waals surface area contributed by atoms with Gasteiger partial charge in [0.15, 0.2) is 0 Å². The van der Waals surface area contributed by atoms with Gasteiger partial charge in [0.25, 0.3) is 0 Å². The molecular weight excluding hydrogens is 200 g/mol. The van der Waals surface area contributed by atoms with Crippen molar-refractivity contribution in [2.24, 2.45) is 0 Å². The maximum absolute atomic E-state index is 10.9. The Morgan fingerprint density at radius 3 is 2.69 bits per heavy atom. The molecule has 0 spiro atoms. The zero-order valence-electron chi connectivity index (χ0n) is 10.6. The zero-order chi connectivity index (χ0) is 11.6. The summed E-state index contributed by atoms with van der Waals surface area (Å²) in [6.07, 6.45) is 9.76. The van der Waals surface area contributed by atoms with E-state index in [0.717, 1.165) is 19.5 Å². The molecule has 0 aromatic carbocycles. The van der Waals surface area contributed by atoms with Gasteiger partial charge in [-0.1, -0.05) is 39.0 Å². The fourth-order valence-corrected chi connectivity index (χ4v) is 2.12. The van der Waals surface area contributed by atoms with Crippen LogP contribution in [0.1, 0.15) is 58.3 Å². The van der Waals surface area contributed by atoms with E-state index in [2.05, 4.69) is 17.6 Å². The lowest BCUT2D eigenvalue weighted by Crippen LogP contribution is -2.45. The Morgan fingerprint density at radius 2 is 2.00 bits per heavy atom. The lowest BCUT2D eigenvalue weighted by atomic mass is 10.1. The van der Waals surface area contributed by atoms with Gasteiger partial charge in [0, 0.05) is 19.0 Å². The molecule has 3 nitrogen and oxygen atoms in total. The summed E-state index contributed by atoms with van der Waals surface area (Å²) in [5.74, 6) is 0.206. The average Bonchev–Trinajstić information content (AvgIpc) is 2.30. The first-order valence-electron chi connectivity index (χ1n) is 6.83. The monoisotopic (exact) mass is 226 g/mol. The van der Waals surface area contributed by atoms with Crippen LogP contribution in [-0.4, -0.2) is 25.0 Å². The maximum Gasteiger partial charge on any atom is 0.220 e. The summed E-state index contributed by atoms with van der Waals surface area (Å²) in [5.41, 5.74) is 0. The van der Waals surface area contributed by atoms with Crippen LogP contribution in [0.3, 0.4) is 0 Å². The lowest BCUT2D eigenvalue weighted by molar-refractivity contribution is -0.122. The standard InChI is InChI=1S/C13H26N2O/c1-2-3-4-5-6-7-10-14-12-8-9-13(16)15-11-12/h12,14H,2-11H2,1H3,(H,15,16). The van der Waals surface area contributed by atoms with E-state index >= 15 is 0 Å². The summed E-state index contributed by atoms with van der Waals surface area (Å²) < 4.78 is 0. The number of nitrogens with one attached hydrogen (secondary N) is 2. The van der Waals surface area contributed by atoms with E-state index in [0.29, 0.717) is 12.5 Å². The summed E-state index contributed by atoms with van der Waals surface area (Å²) in [7, 11) is 0. The minimum Gasteiger partial charge on any atom is -0.355 e. The van der Waals surface area contributed by atoms with Crippen LogP contribution in [0.25, 0.3) is 0 Å². The summed E-state index contributed by atoms with van der Waals surface area (Å²) in [6, 6.07) is 0.508. The van der Waals surface area contributed by atoms with Gasteiger partial charge in [0.2, 0.25) is 5.91 Å². The summed E-state index contributed by atoms with van der Waals surface area (Å²) in [5, 5.41) is 6.42. The van der Waals surface area contributed by atoms with Gasteiger partial charge in [-0.05, 0) is 19.4 Å². The third kappa shape index (κ3) is 6.11. The Balaban J connectivity index is 1.85. The fourth-order valence-electron chi connectivity index (χ4n) is 2.12.